The number of hydrogen-bond donors (Lipinski definition) is 3. The van der Waals surface area contributed by atoms with Crippen molar-refractivity contribution in [3.63, 3.8) is 0 Å². The van der Waals surface area contributed by atoms with E-state index in [2.05, 4.69) is 20.6 Å². The van der Waals surface area contributed by atoms with Gasteiger partial charge in [-0.2, -0.15) is 0 Å². The molecule has 0 fully saturated rings. The molecule has 5 heteroatoms. The number of hydrogen-bond acceptors (Lipinski definition) is 5. The van der Waals surface area contributed by atoms with Crippen LogP contribution in [0, 0.1) is 6.92 Å². The molecule has 0 radical (unpaired) electrons. The molecule has 1 rings (SSSR count). The summed E-state index contributed by atoms with van der Waals surface area (Å²) in [5.74, 6) is 2.20. The molecule has 0 aliphatic rings. The standard InChI is InChI=1S/C11H20N4O/c1-5-11(3,7-16)15-10-6-9(12-4)13-8(2)14-10/h6,16H,5,7H2,1-4H3,(H2,12,13,14,15). The molecule has 0 aliphatic heterocycles. The Morgan fingerprint density at radius 3 is 2.50 bits per heavy atom. The second-order valence-electron chi connectivity index (χ2n) is 4.13. The van der Waals surface area contributed by atoms with Gasteiger partial charge in [-0.15, -0.1) is 0 Å². The van der Waals surface area contributed by atoms with Crippen LogP contribution in [0.1, 0.15) is 26.1 Å². The number of aliphatic hydroxyl groups excluding tert-OH is 1. The van der Waals surface area contributed by atoms with Crippen molar-refractivity contribution in [1.82, 2.24) is 9.97 Å². The van der Waals surface area contributed by atoms with E-state index in [4.69, 9.17) is 0 Å². The normalized spacial score (nSPS) is 14.3. The van der Waals surface area contributed by atoms with E-state index in [-0.39, 0.29) is 12.1 Å². The molecule has 5 nitrogen and oxygen atoms in total. The third kappa shape index (κ3) is 3.06. The van der Waals surface area contributed by atoms with Crippen molar-refractivity contribution in [2.45, 2.75) is 32.7 Å². The fraction of sp³-hybridized carbons (Fsp3) is 0.636. The number of rotatable bonds is 5. The van der Waals surface area contributed by atoms with Crippen molar-refractivity contribution < 1.29 is 5.11 Å². The van der Waals surface area contributed by atoms with Gasteiger partial charge in [0.15, 0.2) is 0 Å². The summed E-state index contributed by atoms with van der Waals surface area (Å²) >= 11 is 0. The minimum atomic E-state index is -0.341. The van der Waals surface area contributed by atoms with E-state index in [1.54, 1.807) is 0 Å². The molecule has 0 amide bonds. The van der Waals surface area contributed by atoms with Gasteiger partial charge in [0.1, 0.15) is 17.5 Å². The van der Waals surface area contributed by atoms with Crippen LogP contribution in [-0.2, 0) is 0 Å². The third-order valence-electron chi connectivity index (χ3n) is 2.65. The molecule has 3 N–H and O–H groups in total. The molecule has 1 atom stereocenters. The van der Waals surface area contributed by atoms with Gasteiger partial charge in [-0.25, -0.2) is 9.97 Å². The molecule has 0 saturated carbocycles. The van der Waals surface area contributed by atoms with Crippen LogP contribution in [0.3, 0.4) is 0 Å². The largest absolute Gasteiger partial charge is 0.394 e. The lowest BCUT2D eigenvalue weighted by Crippen LogP contribution is -2.38. The molecule has 1 aromatic rings. The first-order valence-corrected chi connectivity index (χ1v) is 5.45. The fourth-order valence-electron chi connectivity index (χ4n) is 1.31. The maximum absolute atomic E-state index is 9.32. The summed E-state index contributed by atoms with van der Waals surface area (Å²) < 4.78 is 0. The van der Waals surface area contributed by atoms with Crippen molar-refractivity contribution in [3.05, 3.63) is 11.9 Å². The van der Waals surface area contributed by atoms with Gasteiger partial charge in [0.25, 0.3) is 0 Å². The summed E-state index contributed by atoms with van der Waals surface area (Å²) in [7, 11) is 1.82. The molecule has 0 saturated heterocycles. The van der Waals surface area contributed by atoms with Crippen LogP contribution in [0.25, 0.3) is 0 Å². The van der Waals surface area contributed by atoms with Crippen molar-refractivity contribution in [1.29, 1.82) is 0 Å². The van der Waals surface area contributed by atoms with E-state index >= 15 is 0 Å². The molecule has 16 heavy (non-hydrogen) atoms. The number of nitrogens with zero attached hydrogens (tertiary/aromatic N) is 2. The van der Waals surface area contributed by atoms with Crippen LogP contribution in [-0.4, -0.2) is 34.3 Å². The highest BCUT2D eigenvalue weighted by Gasteiger charge is 2.21. The van der Waals surface area contributed by atoms with Gasteiger partial charge in [-0.3, -0.25) is 0 Å². The quantitative estimate of drug-likeness (QED) is 0.705. The topological polar surface area (TPSA) is 70.1 Å². The second kappa shape index (κ2) is 5.12. The van der Waals surface area contributed by atoms with Crippen molar-refractivity contribution in [2.75, 3.05) is 24.3 Å². The number of anilines is 2. The highest BCUT2D eigenvalue weighted by atomic mass is 16.3. The average molecular weight is 224 g/mol. The lowest BCUT2D eigenvalue weighted by Gasteiger charge is -2.28. The Bertz CT molecular complexity index is 350. The molecule has 0 aliphatic carbocycles. The maximum Gasteiger partial charge on any atom is 0.132 e. The predicted octanol–water partition coefficient (Wildman–Crippen LogP) is 1.40. The van der Waals surface area contributed by atoms with E-state index in [0.717, 1.165) is 18.1 Å². The zero-order valence-electron chi connectivity index (χ0n) is 10.3. The Labute approximate surface area is 96.3 Å². The molecule has 90 valence electrons. The summed E-state index contributed by atoms with van der Waals surface area (Å²) in [4.78, 5) is 8.50. The first-order valence-electron chi connectivity index (χ1n) is 5.45. The van der Waals surface area contributed by atoms with Crippen LogP contribution >= 0.6 is 0 Å². The molecule has 0 spiro atoms. The van der Waals surface area contributed by atoms with Crippen LogP contribution in [0.4, 0.5) is 11.6 Å². The molecule has 1 heterocycles. The molecule has 0 bridgehead atoms. The maximum atomic E-state index is 9.32. The number of aryl methyl sites for hydroxylation is 1. The lowest BCUT2D eigenvalue weighted by molar-refractivity contribution is 0.218. The Morgan fingerprint density at radius 2 is 2.00 bits per heavy atom. The van der Waals surface area contributed by atoms with Gasteiger partial charge in [-0.1, -0.05) is 6.92 Å². The van der Waals surface area contributed by atoms with E-state index in [1.807, 2.05) is 33.9 Å². The van der Waals surface area contributed by atoms with Crippen molar-refractivity contribution in [3.8, 4) is 0 Å². The van der Waals surface area contributed by atoms with Gasteiger partial charge in [-0.05, 0) is 20.3 Å². The summed E-state index contributed by atoms with van der Waals surface area (Å²) in [5.41, 5.74) is -0.341. The molecular formula is C11H20N4O. The fourth-order valence-corrected chi connectivity index (χ4v) is 1.31. The Balaban J connectivity index is 2.92. The van der Waals surface area contributed by atoms with Gasteiger partial charge < -0.3 is 15.7 Å². The molecule has 0 aromatic carbocycles. The smallest absolute Gasteiger partial charge is 0.132 e. The summed E-state index contributed by atoms with van der Waals surface area (Å²) in [5, 5.41) is 15.5. The first-order chi connectivity index (χ1) is 7.53. The second-order valence-corrected chi connectivity index (χ2v) is 4.13. The van der Waals surface area contributed by atoms with Gasteiger partial charge in [0.2, 0.25) is 0 Å². The van der Waals surface area contributed by atoms with Crippen LogP contribution < -0.4 is 10.6 Å². The van der Waals surface area contributed by atoms with Crippen molar-refractivity contribution in [2.24, 2.45) is 0 Å². The van der Waals surface area contributed by atoms with E-state index in [0.29, 0.717) is 5.82 Å². The van der Waals surface area contributed by atoms with Gasteiger partial charge >= 0.3 is 0 Å². The van der Waals surface area contributed by atoms with Crippen LogP contribution in [0.15, 0.2) is 6.07 Å². The van der Waals surface area contributed by atoms with Crippen LogP contribution in [0.5, 0.6) is 0 Å². The highest BCUT2D eigenvalue weighted by molar-refractivity contribution is 5.48. The third-order valence-corrected chi connectivity index (χ3v) is 2.65. The Hall–Kier alpha value is -1.36. The predicted molar refractivity (Wildman–Crippen MR) is 65.7 cm³/mol. The minimum Gasteiger partial charge on any atom is -0.394 e. The Morgan fingerprint density at radius 1 is 1.38 bits per heavy atom. The summed E-state index contributed by atoms with van der Waals surface area (Å²) in [6, 6.07) is 1.83. The molecule has 1 aromatic heterocycles. The first kappa shape index (κ1) is 12.7. The molecular weight excluding hydrogens is 204 g/mol. The number of aliphatic hydroxyl groups is 1. The highest BCUT2D eigenvalue weighted by Crippen LogP contribution is 2.18. The monoisotopic (exact) mass is 224 g/mol. The van der Waals surface area contributed by atoms with E-state index < -0.39 is 0 Å². The Kier molecular flexibility index (Phi) is 4.06. The molecule has 1 unspecified atom stereocenters. The average Bonchev–Trinajstić information content (AvgIpc) is 2.28. The summed E-state index contributed by atoms with van der Waals surface area (Å²) in [6.07, 6.45) is 0.821. The minimum absolute atomic E-state index is 0.0709. The van der Waals surface area contributed by atoms with Gasteiger partial charge in [0.05, 0.1) is 12.1 Å². The number of aromatic nitrogens is 2. The van der Waals surface area contributed by atoms with E-state index in [9.17, 15) is 5.11 Å². The number of nitrogens with one attached hydrogen (secondary N) is 2. The van der Waals surface area contributed by atoms with Crippen LogP contribution in [0.2, 0.25) is 0 Å². The SMILES string of the molecule is CCC(C)(CO)Nc1cc(NC)nc(C)n1. The zero-order chi connectivity index (χ0) is 12.2. The van der Waals surface area contributed by atoms with E-state index in [1.165, 1.54) is 0 Å². The van der Waals surface area contributed by atoms with Crippen molar-refractivity contribution >= 4 is 11.6 Å². The lowest BCUT2D eigenvalue weighted by atomic mass is 10.0. The zero-order valence-corrected chi connectivity index (χ0v) is 10.3. The van der Waals surface area contributed by atoms with Gasteiger partial charge in [0, 0.05) is 13.1 Å². The summed E-state index contributed by atoms with van der Waals surface area (Å²) in [6.45, 7) is 5.90.